The van der Waals surface area contributed by atoms with Crippen LogP contribution in [0.2, 0.25) is 0 Å². The highest BCUT2D eigenvalue weighted by Crippen LogP contribution is 2.20. The van der Waals surface area contributed by atoms with Gasteiger partial charge in [-0.25, -0.2) is 9.37 Å². The first-order chi connectivity index (χ1) is 8.56. The van der Waals surface area contributed by atoms with Crippen molar-refractivity contribution in [3.8, 4) is 0 Å². The minimum absolute atomic E-state index is 0.280. The number of nitrogen functional groups attached to an aromatic ring is 1. The summed E-state index contributed by atoms with van der Waals surface area (Å²) in [5.41, 5.74) is 6.55. The number of carbonyl (C=O) groups is 1. The van der Waals surface area contributed by atoms with E-state index >= 15 is 0 Å². The van der Waals surface area contributed by atoms with Crippen LogP contribution in [0.3, 0.4) is 0 Å². The van der Waals surface area contributed by atoms with Crippen molar-refractivity contribution >= 4 is 33.3 Å². The van der Waals surface area contributed by atoms with Crippen LogP contribution in [-0.4, -0.2) is 10.9 Å². The van der Waals surface area contributed by atoms with Crippen molar-refractivity contribution in [2.24, 2.45) is 0 Å². The van der Waals surface area contributed by atoms with E-state index in [0.29, 0.717) is 11.3 Å². The van der Waals surface area contributed by atoms with E-state index in [-0.39, 0.29) is 11.7 Å². The molecule has 0 spiro atoms. The molecule has 2 rings (SSSR count). The number of amides is 1. The SMILES string of the molecule is Nc1cc(C(=O)Nc2ccc(F)cn2)ccc1Br. The fourth-order valence-corrected chi connectivity index (χ4v) is 1.57. The number of halogens is 2. The number of hydrogen-bond donors (Lipinski definition) is 2. The minimum atomic E-state index is -0.458. The maximum absolute atomic E-state index is 12.6. The van der Waals surface area contributed by atoms with E-state index in [9.17, 15) is 9.18 Å². The third-order valence-corrected chi connectivity index (χ3v) is 2.95. The van der Waals surface area contributed by atoms with Crippen LogP contribution in [0.5, 0.6) is 0 Å². The van der Waals surface area contributed by atoms with Gasteiger partial charge in [0, 0.05) is 15.7 Å². The standard InChI is InChI=1S/C12H9BrFN3O/c13-9-3-1-7(5-10(9)15)12(18)17-11-4-2-8(14)6-16-11/h1-6H,15H2,(H,16,17,18). The van der Waals surface area contributed by atoms with Gasteiger partial charge in [-0.1, -0.05) is 0 Å². The lowest BCUT2D eigenvalue weighted by atomic mass is 10.2. The molecule has 18 heavy (non-hydrogen) atoms. The Morgan fingerprint density at radius 1 is 1.33 bits per heavy atom. The number of nitrogens with one attached hydrogen (secondary N) is 1. The summed E-state index contributed by atoms with van der Waals surface area (Å²) in [6.45, 7) is 0. The Balaban J connectivity index is 2.16. The summed E-state index contributed by atoms with van der Waals surface area (Å²) < 4.78 is 13.4. The Morgan fingerprint density at radius 2 is 2.11 bits per heavy atom. The van der Waals surface area contributed by atoms with Crippen molar-refractivity contribution in [1.82, 2.24) is 4.98 Å². The number of rotatable bonds is 2. The zero-order chi connectivity index (χ0) is 13.1. The zero-order valence-corrected chi connectivity index (χ0v) is 10.7. The number of nitrogens with two attached hydrogens (primary N) is 1. The van der Waals surface area contributed by atoms with Crippen LogP contribution in [0.25, 0.3) is 0 Å². The van der Waals surface area contributed by atoms with Crippen molar-refractivity contribution in [2.75, 3.05) is 11.1 Å². The van der Waals surface area contributed by atoms with Gasteiger partial charge in [-0.2, -0.15) is 0 Å². The van der Waals surface area contributed by atoms with E-state index < -0.39 is 5.82 Å². The fraction of sp³-hybridized carbons (Fsp3) is 0. The molecule has 2 aromatic rings. The lowest BCUT2D eigenvalue weighted by molar-refractivity contribution is 0.102. The highest BCUT2D eigenvalue weighted by atomic mass is 79.9. The van der Waals surface area contributed by atoms with Crippen LogP contribution in [0.15, 0.2) is 41.0 Å². The summed E-state index contributed by atoms with van der Waals surface area (Å²) in [4.78, 5) is 15.6. The molecule has 1 heterocycles. The molecule has 92 valence electrons. The van der Waals surface area contributed by atoms with Crippen molar-refractivity contribution in [3.05, 3.63) is 52.4 Å². The van der Waals surface area contributed by atoms with E-state index in [0.717, 1.165) is 10.7 Å². The summed E-state index contributed by atoms with van der Waals surface area (Å²) in [7, 11) is 0. The number of benzene rings is 1. The summed E-state index contributed by atoms with van der Waals surface area (Å²) in [6.07, 6.45) is 1.03. The molecule has 1 aromatic carbocycles. The van der Waals surface area contributed by atoms with Crippen molar-refractivity contribution in [2.45, 2.75) is 0 Å². The van der Waals surface area contributed by atoms with Crippen LogP contribution < -0.4 is 11.1 Å². The van der Waals surface area contributed by atoms with Gasteiger partial charge in [0.25, 0.3) is 5.91 Å². The third kappa shape index (κ3) is 2.84. The van der Waals surface area contributed by atoms with Crippen molar-refractivity contribution in [1.29, 1.82) is 0 Å². The molecular formula is C12H9BrFN3O. The van der Waals surface area contributed by atoms with Gasteiger partial charge in [0.05, 0.1) is 6.20 Å². The Kier molecular flexibility index (Phi) is 3.57. The van der Waals surface area contributed by atoms with Gasteiger partial charge in [-0.3, -0.25) is 4.79 Å². The second kappa shape index (κ2) is 5.14. The lowest BCUT2D eigenvalue weighted by Crippen LogP contribution is -2.13. The molecule has 1 amide bonds. The second-order valence-corrected chi connectivity index (χ2v) is 4.41. The normalized spacial score (nSPS) is 10.1. The quantitative estimate of drug-likeness (QED) is 0.838. The molecule has 4 nitrogen and oxygen atoms in total. The number of pyridine rings is 1. The highest BCUT2D eigenvalue weighted by Gasteiger charge is 2.08. The second-order valence-electron chi connectivity index (χ2n) is 3.55. The Labute approximate surface area is 111 Å². The predicted molar refractivity (Wildman–Crippen MR) is 70.7 cm³/mol. The monoisotopic (exact) mass is 309 g/mol. The van der Waals surface area contributed by atoms with Crippen LogP contribution in [0.4, 0.5) is 15.9 Å². The number of aromatic nitrogens is 1. The summed E-state index contributed by atoms with van der Waals surface area (Å²) >= 11 is 3.24. The maximum Gasteiger partial charge on any atom is 0.256 e. The first kappa shape index (κ1) is 12.5. The summed E-state index contributed by atoms with van der Waals surface area (Å²) in [5.74, 6) is -0.530. The number of nitrogens with zero attached hydrogens (tertiary/aromatic N) is 1. The topological polar surface area (TPSA) is 68.0 Å². The largest absolute Gasteiger partial charge is 0.398 e. The molecule has 1 aromatic heterocycles. The number of hydrogen-bond acceptors (Lipinski definition) is 3. The van der Waals surface area contributed by atoms with E-state index in [1.807, 2.05) is 0 Å². The zero-order valence-electron chi connectivity index (χ0n) is 9.15. The molecule has 6 heteroatoms. The van der Waals surface area contributed by atoms with Crippen LogP contribution >= 0.6 is 15.9 Å². The van der Waals surface area contributed by atoms with Gasteiger partial charge >= 0.3 is 0 Å². The van der Waals surface area contributed by atoms with Gasteiger partial charge in [-0.05, 0) is 46.3 Å². The third-order valence-electron chi connectivity index (χ3n) is 2.23. The van der Waals surface area contributed by atoms with Crippen LogP contribution in [0.1, 0.15) is 10.4 Å². The van der Waals surface area contributed by atoms with Crippen molar-refractivity contribution in [3.63, 3.8) is 0 Å². The first-order valence-electron chi connectivity index (χ1n) is 5.04. The maximum atomic E-state index is 12.6. The molecule has 0 fully saturated rings. The Morgan fingerprint density at radius 3 is 2.72 bits per heavy atom. The molecule has 0 saturated heterocycles. The van der Waals surface area contributed by atoms with Crippen LogP contribution in [0, 0.1) is 5.82 Å². The van der Waals surface area contributed by atoms with E-state index in [1.165, 1.54) is 12.1 Å². The van der Waals surface area contributed by atoms with Crippen LogP contribution in [-0.2, 0) is 0 Å². The molecule has 0 saturated carbocycles. The van der Waals surface area contributed by atoms with Gasteiger partial charge in [0.1, 0.15) is 11.6 Å². The summed E-state index contributed by atoms with van der Waals surface area (Å²) in [5, 5.41) is 2.54. The summed E-state index contributed by atoms with van der Waals surface area (Å²) in [6, 6.07) is 7.46. The highest BCUT2D eigenvalue weighted by molar-refractivity contribution is 9.10. The van der Waals surface area contributed by atoms with Gasteiger partial charge < -0.3 is 11.1 Å². The molecule has 3 N–H and O–H groups in total. The van der Waals surface area contributed by atoms with Crippen molar-refractivity contribution < 1.29 is 9.18 Å². The predicted octanol–water partition coefficient (Wildman–Crippen LogP) is 2.82. The Bertz CT molecular complexity index is 586. The average molecular weight is 310 g/mol. The smallest absolute Gasteiger partial charge is 0.256 e. The molecule has 0 radical (unpaired) electrons. The van der Waals surface area contributed by atoms with Gasteiger partial charge in [0.15, 0.2) is 0 Å². The fourth-order valence-electron chi connectivity index (χ4n) is 1.32. The van der Waals surface area contributed by atoms with E-state index in [1.54, 1.807) is 18.2 Å². The molecule has 0 aliphatic heterocycles. The van der Waals surface area contributed by atoms with Gasteiger partial charge in [0.2, 0.25) is 0 Å². The molecule has 0 aliphatic rings. The number of carbonyl (C=O) groups excluding carboxylic acids is 1. The number of anilines is 2. The first-order valence-corrected chi connectivity index (χ1v) is 5.83. The molecule has 0 aliphatic carbocycles. The Hall–Kier alpha value is -1.95. The molecular weight excluding hydrogens is 301 g/mol. The van der Waals surface area contributed by atoms with E-state index in [2.05, 4.69) is 26.2 Å². The molecule has 0 atom stereocenters. The average Bonchev–Trinajstić information content (AvgIpc) is 2.35. The minimum Gasteiger partial charge on any atom is -0.398 e. The van der Waals surface area contributed by atoms with Gasteiger partial charge in [-0.15, -0.1) is 0 Å². The molecule has 0 unspecified atom stereocenters. The molecule has 0 bridgehead atoms. The lowest BCUT2D eigenvalue weighted by Gasteiger charge is -2.05. The van der Waals surface area contributed by atoms with E-state index in [4.69, 9.17) is 5.73 Å².